The number of benzene rings is 2. The third kappa shape index (κ3) is 14.3. The molecule has 290 valence electrons. The van der Waals surface area contributed by atoms with E-state index in [-0.39, 0.29) is 54.3 Å². The van der Waals surface area contributed by atoms with Crippen LogP contribution in [0.15, 0.2) is 48.5 Å². The highest BCUT2D eigenvalue weighted by molar-refractivity contribution is 6.31. The second kappa shape index (κ2) is 22.1. The Morgan fingerprint density at radius 3 is 2.13 bits per heavy atom. The smallest absolute Gasteiger partial charge is 0.274 e. The first-order chi connectivity index (χ1) is 25.7. The monoisotopic (exact) mass is 756 g/mol. The number of aromatic nitrogens is 2. The summed E-state index contributed by atoms with van der Waals surface area (Å²) in [7, 11) is 0. The van der Waals surface area contributed by atoms with Crippen LogP contribution in [-0.2, 0) is 27.1 Å². The van der Waals surface area contributed by atoms with Crippen molar-refractivity contribution in [3.63, 3.8) is 0 Å². The number of rotatable bonds is 23. The second-order valence-corrected chi connectivity index (χ2v) is 13.5. The highest BCUT2D eigenvalue weighted by atomic mass is 35.5. The van der Waals surface area contributed by atoms with E-state index < -0.39 is 5.91 Å². The van der Waals surface area contributed by atoms with Crippen molar-refractivity contribution in [2.24, 2.45) is 0 Å². The molecule has 1 fully saturated rings. The van der Waals surface area contributed by atoms with Gasteiger partial charge in [-0.25, -0.2) is 9.97 Å². The van der Waals surface area contributed by atoms with Crippen molar-refractivity contribution < 1.29 is 38.1 Å². The average molecular weight is 757 g/mol. The van der Waals surface area contributed by atoms with Crippen molar-refractivity contribution >= 4 is 35.1 Å². The Labute approximate surface area is 317 Å². The molecule has 1 saturated heterocycles. The number of aliphatic hydroxyl groups is 1. The van der Waals surface area contributed by atoms with Crippen LogP contribution >= 0.6 is 11.6 Å². The Morgan fingerprint density at radius 1 is 0.887 bits per heavy atom. The summed E-state index contributed by atoms with van der Waals surface area (Å²) in [6.07, 6.45) is 5.65. The summed E-state index contributed by atoms with van der Waals surface area (Å²) >= 11 is 6.06. The third-order valence-electron chi connectivity index (χ3n) is 9.15. The maximum atomic E-state index is 13.2. The number of hydrogen-bond acceptors (Lipinski definition) is 11. The maximum Gasteiger partial charge on any atom is 0.274 e. The summed E-state index contributed by atoms with van der Waals surface area (Å²) in [6.45, 7) is 8.10. The van der Waals surface area contributed by atoms with Gasteiger partial charge in [0.05, 0.1) is 71.9 Å². The number of nitrogens with two attached hydrogens (primary N) is 2. The Hall–Kier alpha value is -4.21. The molecular weight excluding hydrogens is 702 g/mol. The van der Waals surface area contributed by atoms with Gasteiger partial charge >= 0.3 is 0 Å². The topological polar surface area (TPSA) is 193 Å². The molecule has 3 aromatic rings. The molecule has 53 heavy (non-hydrogen) atoms. The van der Waals surface area contributed by atoms with Crippen LogP contribution in [-0.4, -0.2) is 116 Å². The number of anilines is 2. The van der Waals surface area contributed by atoms with Gasteiger partial charge in [0.15, 0.2) is 29.1 Å². The number of likely N-dealkylation sites (tertiary alicyclic amines) is 1. The summed E-state index contributed by atoms with van der Waals surface area (Å²) < 4.78 is 22.7. The van der Waals surface area contributed by atoms with Crippen LogP contribution in [0.25, 0.3) is 0 Å². The molecule has 0 bridgehead atoms. The molecule has 4 rings (SSSR count). The van der Waals surface area contributed by atoms with Crippen LogP contribution in [0.5, 0.6) is 11.5 Å². The number of halogens is 1. The number of nitrogens with zero attached hydrogens (tertiary/aromatic N) is 3. The normalized spacial score (nSPS) is 16.9. The van der Waals surface area contributed by atoms with Gasteiger partial charge in [0.2, 0.25) is 0 Å². The minimum atomic E-state index is -0.401. The van der Waals surface area contributed by atoms with Gasteiger partial charge in [0.25, 0.3) is 11.8 Å². The molecular formula is C38H55ClN7O7+. The second-order valence-electron chi connectivity index (χ2n) is 13.2. The van der Waals surface area contributed by atoms with E-state index >= 15 is 0 Å². The first-order valence-electron chi connectivity index (χ1n) is 18.4. The maximum absolute atomic E-state index is 13.2. The predicted octanol–water partition coefficient (Wildman–Crippen LogP) is 3.19. The summed E-state index contributed by atoms with van der Waals surface area (Å²) in [5.41, 5.74) is 14.1. The van der Waals surface area contributed by atoms with E-state index in [4.69, 9.17) is 47.1 Å². The fourth-order valence-electron chi connectivity index (χ4n) is 6.58. The predicted molar refractivity (Wildman–Crippen MR) is 204 cm³/mol. The zero-order valence-electron chi connectivity index (χ0n) is 30.7. The molecule has 0 saturated carbocycles. The van der Waals surface area contributed by atoms with Gasteiger partial charge in [-0.1, -0.05) is 35.9 Å². The lowest BCUT2D eigenvalue weighted by Gasteiger charge is -2.45. The number of nitrogen functional groups attached to an aromatic ring is 2. The van der Waals surface area contributed by atoms with Crippen molar-refractivity contribution in [2.75, 3.05) is 90.4 Å². The lowest BCUT2D eigenvalue weighted by Crippen LogP contribution is -2.60. The molecule has 15 heteroatoms. The summed E-state index contributed by atoms with van der Waals surface area (Å²) in [5.74, 6) is 0.819. The molecule has 2 aromatic carbocycles. The Kier molecular flexibility index (Phi) is 17.3. The van der Waals surface area contributed by atoms with Gasteiger partial charge in [-0.3, -0.25) is 9.59 Å². The van der Waals surface area contributed by atoms with Crippen LogP contribution in [0.3, 0.4) is 0 Å². The van der Waals surface area contributed by atoms with Gasteiger partial charge in [-0.2, -0.15) is 0 Å². The van der Waals surface area contributed by atoms with Crippen molar-refractivity contribution in [3.8, 4) is 11.5 Å². The third-order valence-corrected chi connectivity index (χ3v) is 9.43. The Balaban J connectivity index is 1.28. The van der Waals surface area contributed by atoms with Crippen molar-refractivity contribution in [1.29, 1.82) is 0 Å². The van der Waals surface area contributed by atoms with Crippen LogP contribution in [0.1, 0.15) is 54.2 Å². The summed E-state index contributed by atoms with van der Waals surface area (Å²) in [4.78, 5) is 33.5. The average Bonchev–Trinajstić information content (AvgIpc) is 3.15. The number of carbonyl (C=O) groups is 2. The summed E-state index contributed by atoms with van der Waals surface area (Å²) in [6, 6.07) is 16.1. The molecule has 2 heterocycles. The number of aliphatic hydroxyl groups excluding tert-OH is 1. The molecule has 2 atom stereocenters. The standard InChI is InChI=1S/C38H54ClN7O7/c1-2-52-31-13-9-28(10-14-31)6-3-18-46(20-5-8-30(26-46)43-38(49)34-36(40)45-37(41)35(39)44-34)19-4-7-29-11-15-32(16-12-29)53-27-33(48)42-17-22-50-24-25-51-23-21-47/h9-16,30,47H,2-8,17-27H2,1H3,(H5-,40,41,42,43,45,48,49)/p+1. The Morgan fingerprint density at radius 2 is 1.51 bits per heavy atom. The number of hydrogen-bond donors (Lipinski definition) is 5. The fraction of sp³-hybridized carbons (Fsp3) is 0.526. The molecule has 2 unspecified atom stereocenters. The number of quaternary nitrogens is 1. The van der Waals surface area contributed by atoms with Gasteiger partial charge in [0, 0.05) is 19.4 Å². The van der Waals surface area contributed by atoms with Crippen LogP contribution < -0.4 is 31.6 Å². The number of aryl methyl sites for hydroxylation is 2. The van der Waals surface area contributed by atoms with E-state index in [2.05, 4.69) is 32.7 Å². The molecule has 7 N–H and O–H groups in total. The first-order valence-corrected chi connectivity index (χ1v) is 18.8. The van der Waals surface area contributed by atoms with Gasteiger partial charge in [0.1, 0.15) is 11.5 Å². The minimum Gasteiger partial charge on any atom is -0.494 e. The van der Waals surface area contributed by atoms with E-state index in [1.165, 1.54) is 11.1 Å². The van der Waals surface area contributed by atoms with E-state index in [1.807, 2.05) is 43.3 Å². The van der Waals surface area contributed by atoms with Crippen LogP contribution in [0.2, 0.25) is 5.15 Å². The first kappa shape index (κ1) is 41.5. The zero-order valence-corrected chi connectivity index (χ0v) is 31.5. The SMILES string of the molecule is CCOc1ccc(CCC[N+]2(CCCc3ccc(OCC(=O)NCCOCCOCCO)cc3)CCCC(NC(=O)c3nc(Cl)c(N)nc3N)C2)cc1. The van der Waals surface area contributed by atoms with E-state index in [1.54, 1.807) is 0 Å². The van der Waals surface area contributed by atoms with Crippen molar-refractivity contribution in [2.45, 2.75) is 51.5 Å². The van der Waals surface area contributed by atoms with Crippen LogP contribution in [0.4, 0.5) is 11.6 Å². The lowest BCUT2D eigenvalue weighted by molar-refractivity contribution is -0.933. The van der Waals surface area contributed by atoms with Gasteiger partial charge in [-0.05, 0) is 68.0 Å². The fourth-order valence-corrected chi connectivity index (χ4v) is 6.71. The van der Waals surface area contributed by atoms with Gasteiger partial charge in [-0.15, -0.1) is 0 Å². The summed E-state index contributed by atoms with van der Waals surface area (Å²) in [5, 5.41) is 14.6. The highest BCUT2D eigenvalue weighted by Gasteiger charge is 2.35. The molecule has 0 radical (unpaired) electrons. The molecule has 14 nitrogen and oxygen atoms in total. The van der Waals surface area contributed by atoms with E-state index in [0.29, 0.717) is 38.7 Å². The van der Waals surface area contributed by atoms with Crippen molar-refractivity contribution in [1.82, 2.24) is 20.6 Å². The highest BCUT2D eigenvalue weighted by Crippen LogP contribution is 2.25. The number of nitrogens with one attached hydrogen (secondary N) is 2. The largest absolute Gasteiger partial charge is 0.494 e. The number of carbonyl (C=O) groups excluding carboxylic acids is 2. The molecule has 1 aliphatic rings. The lowest BCUT2D eigenvalue weighted by atomic mass is 9.99. The number of amides is 2. The van der Waals surface area contributed by atoms with Crippen molar-refractivity contribution in [3.05, 3.63) is 70.5 Å². The quantitative estimate of drug-likeness (QED) is 0.0705. The van der Waals surface area contributed by atoms with E-state index in [0.717, 1.165) is 74.9 Å². The minimum absolute atomic E-state index is 0.0110. The molecule has 0 spiro atoms. The van der Waals surface area contributed by atoms with Gasteiger partial charge < -0.3 is 50.6 Å². The number of piperidine rings is 1. The molecule has 1 aliphatic heterocycles. The number of ether oxygens (including phenoxy) is 4. The molecule has 0 aliphatic carbocycles. The van der Waals surface area contributed by atoms with Crippen LogP contribution in [0, 0.1) is 0 Å². The molecule has 1 aromatic heterocycles. The van der Waals surface area contributed by atoms with E-state index in [9.17, 15) is 9.59 Å². The molecule has 2 amide bonds. The zero-order chi connectivity index (χ0) is 37.9. The Bertz CT molecular complexity index is 1570.